The minimum Gasteiger partial charge on any atom is -0.416 e. The molecule has 0 radical (unpaired) electrons. The number of rotatable bonds is 4. The zero-order valence-electron chi connectivity index (χ0n) is 16.3. The predicted molar refractivity (Wildman–Crippen MR) is 114 cm³/mol. The van der Waals surface area contributed by atoms with E-state index in [1.165, 1.54) is 6.07 Å². The van der Waals surface area contributed by atoms with Crippen LogP contribution in [0.15, 0.2) is 77.3 Å². The van der Waals surface area contributed by atoms with Gasteiger partial charge in [-0.1, -0.05) is 30.3 Å². The molecule has 30 heavy (non-hydrogen) atoms. The van der Waals surface area contributed by atoms with E-state index in [-0.39, 0.29) is 5.82 Å². The Morgan fingerprint density at radius 3 is 2.23 bits per heavy atom. The monoisotopic (exact) mass is 401 g/mol. The molecule has 7 heteroatoms. The summed E-state index contributed by atoms with van der Waals surface area (Å²) in [5.41, 5.74) is 2.31. The number of hydrogen-bond donors (Lipinski definition) is 0. The molecule has 2 aromatic heterocycles. The van der Waals surface area contributed by atoms with Crippen molar-refractivity contribution in [1.29, 1.82) is 0 Å². The van der Waals surface area contributed by atoms with Crippen molar-refractivity contribution in [3.8, 4) is 22.9 Å². The molecule has 0 atom stereocenters. The van der Waals surface area contributed by atoms with Crippen LogP contribution in [0.2, 0.25) is 0 Å². The van der Waals surface area contributed by atoms with E-state index < -0.39 is 0 Å². The van der Waals surface area contributed by atoms with Gasteiger partial charge in [-0.2, -0.15) is 0 Å². The average molecular weight is 401 g/mol. The highest BCUT2D eigenvalue weighted by Gasteiger charge is 2.24. The van der Waals surface area contributed by atoms with Crippen LogP contribution in [0.25, 0.3) is 22.9 Å². The van der Waals surface area contributed by atoms with Gasteiger partial charge in [0.25, 0.3) is 5.89 Å². The van der Waals surface area contributed by atoms with Gasteiger partial charge in [0, 0.05) is 37.9 Å². The Balaban J connectivity index is 1.38. The summed E-state index contributed by atoms with van der Waals surface area (Å²) in [5, 5.41) is 8.45. The van der Waals surface area contributed by atoms with Crippen LogP contribution in [0.4, 0.5) is 15.9 Å². The third-order valence-corrected chi connectivity index (χ3v) is 5.24. The summed E-state index contributed by atoms with van der Waals surface area (Å²) < 4.78 is 20.1. The molecule has 0 spiro atoms. The number of anilines is 2. The molecule has 1 aliphatic rings. The molecule has 6 nitrogen and oxygen atoms in total. The van der Waals surface area contributed by atoms with Crippen molar-refractivity contribution in [2.75, 3.05) is 36.0 Å². The topological polar surface area (TPSA) is 58.3 Å². The molecule has 2 aromatic carbocycles. The molecular formula is C23H20FN5O. The molecule has 3 heterocycles. The molecule has 1 saturated heterocycles. The molecule has 0 amide bonds. The fourth-order valence-electron chi connectivity index (χ4n) is 3.71. The summed E-state index contributed by atoms with van der Waals surface area (Å²) in [5.74, 6) is 1.52. The number of para-hydroxylation sites is 1. The average Bonchev–Trinajstić information content (AvgIpc) is 3.30. The zero-order valence-corrected chi connectivity index (χ0v) is 16.3. The number of pyridine rings is 1. The second-order valence-corrected chi connectivity index (χ2v) is 7.08. The van der Waals surface area contributed by atoms with Gasteiger partial charge in [0.15, 0.2) is 0 Å². The second-order valence-electron chi connectivity index (χ2n) is 7.08. The lowest BCUT2D eigenvalue weighted by atomic mass is 10.2. The van der Waals surface area contributed by atoms with Gasteiger partial charge in [0.05, 0.1) is 11.3 Å². The van der Waals surface area contributed by atoms with Gasteiger partial charge in [0.1, 0.15) is 11.6 Å². The van der Waals surface area contributed by atoms with Gasteiger partial charge in [-0.05, 0) is 36.4 Å². The minimum atomic E-state index is -0.191. The molecule has 0 bridgehead atoms. The Morgan fingerprint density at radius 2 is 1.43 bits per heavy atom. The first-order valence-corrected chi connectivity index (χ1v) is 9.88. The standard InChI is InChI=1S/C23H20FN5O/c24-19-10-4-5-11-20(19)28-13-15-29(16-14-28)21-18(9-6-12-25-21)23-27-26-22(30-23)17-7-2-1-3-8-17/h1-12H,13-16H2. The summed E-state index contributed by atoms with van der Waals surface area (Å²) in [4.78, 5) is 8.83. The first-order chi connectivity index (χ1) is 14.8. The van der Waals surface area contributed by atoms with Crippen molar-refractivity contribution in [2.24, 2.45) is 0 Å². The molecule has 0 aliphatic carbocycles. The van der Waals surface area contributed by atoms with Crippen molar-refractivity contribution in [2.45, 2.75) is 0 Å². The SMILES string of the molecule is Fc1ccccc1N1CCN(c2ncccc2-c2nnc(-c3ccccc3)o2)CC1. The van der Waals surface area contributed by atoms with Crippen LogP contribution >= 0.6 is 0 Å². The van der Waals surface area contributed by atoms with Gasteiger partial charge in [-0.3, -0.25) is 0 Å². The maximum Gasteiger partial charge on any atom is 0.251 e. The third-order valence-electron chi connectivity index (χ3n) is 5.24. The van der Waals surface area contributed by atoms with Gasteiger partial charge in [-0.15, -0.1) is 10.2 Å². The van der Waals surface area contributed by atoms with Crippen LogP contribution in [0.5, 0.6) is 0 Å². The Hall–Kier alpha value is -3.74. The number of piperazine rings is 1. The van der Waals surface area contributed by atoms with Crippen molar-refractivity contribution in [3.05, 3.63) is 78.7 Å². The van der Waals surface area contributed by atoms with Gasteiger partial charge < -0.3 is 14.2 Å². The second kappa shape index (κ2) is 7.94. The van der Waals surface area contributed by atoms with E-state index in [4.69, 9.17) is 4.42 Å². The molecule has 5 rings (SSSR count). The van der Waals surface area contributed by atoms with Crippen molar-refractivity contribution < 1.29 is 8.81 Å². The molecule has 0 N–H and O–H groups in total. The van der Waals surface area contributed by atoms with E-state index in [0.29, 0.717) is 30.6 Å². The minimum absolute atomic E-state index is 0.191. The number of hydrogen-bond acceptors (Lipinski definition) is 6. The number of benzene rings is 2. The molecule has 1 fully saturated rings. The lowest BCUT2D eigenvalue weighted by molar-refractivity contribution is 0.581. The predicted octanol–water partition coefficient (Wildman–Crippen LogP) is 4.26. The third kappa shape index (κ3) is 3.50. The Kier molecular flexibility index (Phi) is 4.85. The van der Waals surface area contributed by atoms with Crippen LogP contribution < -0.4 is 9.80 Å². The quantitative estimate of drug-likeness (QED) is 0.509. The summed E-state index contributed by atoms with van der Waals surface area (Å²) in [6, 6.07) is 20.4. The first kappa shape index (κ1) is 18.3. The van der Waals surface area contributed by atoms with Crippen LogP contribution in [-0.4, -0.2) is 41.4 Å². The highest BCUT2D eigenvalue weighted by molar-refractivity contribution is 5.71. The van der Waals surface area contributed by atoms with E-state index in [1.807, 2.05) is 54.6 Å². The van der Waals surface area contributed by atoms with Crippen molar-refractivity contribution in [3.63, 3.8) is 0 Å². The Morgan fingerprint density at radius 1 is 0.733 bits per heavy atom. The van der Waals surface area contributed by atoms with E-state index in [2.05, 4.69) is 25.0 Å². The highest BCUT2D eigenvalue weighted by atomic mass is 19.1. The van der Waals surface area contributed by atoms with E-state index in [0.717, 1.165) is 30.0 Å². The van der Waals surface area contributed by atoms with Gasteiger partial charge in [-0.25, -0.2) is 9.37 Å². The summed E-state index contributed by atoms with van der Waals surface area (Å²) in [6.07, 6.45) is 1.76. The smallest absolute Gasteiger partial charge is 0.251 e. The van der Waals surface area contributed by atoms with Crippen molar-refractivity contribution in [1.82, 2.24) is 15.2 Å². The number of halogens is 1. The van der Waals surface area contributed by atoms with Crippen LogP contribution in [0, 0.1) is 5.82 Å². The van der Waals surface area contributed by atoms with E-state index in [1.54, 1.807) is 12.3 Å². The van der Waals surface area contributed by atoms with Crippen LogP contribution in [0.1, 0.15) is 0 Å². The maximum absolute atomic E-state index is 14.1. The van der Waals surface area contributed by atoms with Gasteiger partial charge >= 0.3 is 0 Å². The highest BCUT2D eigenvalue weighted by Crippen LogP contribution is 2.31. The fourth-order valence-corrected chi connectivity index (χ4v) is 3.71. The fraction of sp³-hybridized carbons (Fsp3) is 0.174. The number of aromatic nitrogens is 3. The molecular weight excluding hydrogens is 381 g/mol. The van der Waals surface area contributed by atoms with Gasteiger partial charge in [0.2, 0.25) is 5.89 Å². The summed E-state index contributed by atoms with van der Waals surface area (Å²) in [7, 11) is 0. The molecule has 4 aromatic rings. The Labute approximate surface area is 173 Å². The van der Waals surface area contributed by atoms with Crippen molar-refractivity contribution >= 4 is 11.5 Å². The maximum atomic E-state index is 14.1. The van der Waals surface area contributed by atoms with Crippen LogP contribution in [-0.2, 0) is 0 Å². The van der Waals surface area contributed by atoms with Crippen LogP contribution in [0.3, 0.4) is 0 Å². The summed E-state index contributed by atoms with van der Waals surface area (Å²) >= 11 is 0. The summed E-state index contributed by atoms with van der Waals surface area (Å²) in [6.45, 7) is 2.85. The molecule has 0 saturated carbocycles. The molecule has 1 aliphatic heterocycles. The molecule has 0 unspecified atom stereocenters. The number of nitrogens with zero attached hydrogens (tertiary/aromatic N) is 5. The van der Waals surface area contributed by atoms with E-state index >= 15 is 0 Å². The normalized spacial score (nSPS) is 14.2. The Bertz CT molecular complexity index is 1140. The molecule has 150 valence electrons. The lowest BCUT2D eigenvalue weighted by Gasteiger charge is -2.37. The first-order valence-electron chi connectivity index (χ1n) is 9.88. The van der Waals surface area contributed by atoms with E-state index in [9.17, 15) is 4.39 Å². The largest absolute Gasteiger partial charge is 0.416 e. The zero-order chi connectivity index (χ0) is 20.3. The lowest BCUT2D eigenvalue weighted by Crippen LogP contribution is -2.47.